The summed E-state index contributed by atoms with van der Waals surface area (Å²) in [5.41, 5.74) is 1.62. The molecule has 0 spiro atoms. The smallest absolute Gasteiger partial charge is 0.315 e. The number of aromatic nitrogens is 3. The van der Waals surface area contributed by atoms with Gasteiger partial charge in [-0.05, 0) is 44.4 Å². The Balaban J connectivity index is 1.58. The Morgan fingerprint density at radius 1 is 1.48 bits per heavy atom. The van der Waals surface area contributed by atoms with Crippen LogP contribution in [0.2, 0.25) is 0 Å². The number of amides is 2. The second-order valence-electron chi connectivity index (χ2n) is 6.45. The van der Waals surface area contributed by atoms with E-state index in [1.807, 2.05) is 24.8 Å². The van der Waals surface area contributed by atoms with Gasteiger partial charge in [0, 0.05) is 19.1 Å². The van der Waals surface area contributed by atoms with Crippen LogP contribution >= 0.6 is 0 Å². The molecule has 3 rings (SSSR count). The van der Waals surface area contributed by atoms with Gasteiger partial charge in [-0.1, -0.05) is 6.07 Å². The van der Waals surface area contributed by atoms with E-state index in [4.69, 9.17) is 0 Å². The zero-order chi connectivity index (χ0) is 17.8. The van der Waals surface area contributed by atoms with E-state index >= 15 is 0 Å². The van der Waals surface area contributed by atoms with Crippen LogP contribution in [0, 0.1) is 12.7 Å². The van der Waals surface area contributed by atoms with Crippen molar-refractivity contribution >= 4 is 11.7 Å². The lowest BCUT2D eigenvalue weighted by Gasteiger charge is -2.35. The first-order valence-corrected chi connectivity index (χ1v) is 8.46. The number of H-pyrrole nitrogens is 1. The first-order chi connectivity index (χ1) is 12.0. The predicted octanol–water partition coefficient (Wildman–Crippen LogP) is 2.28. The summed E-state index contributed by atoms with van der Waals surface area (Å²) in [4.78, 5) is 18.2. The molecule has 134 valence electrons. The summed E-state index contributed by atoms with van der Waals surface area (Å²) in [5, 5.41) is 12.3. The summed E-state index contributed by atoms with van der Waals surface area (Å²) in [6, 6.07) is 4.54. The number of aryl methyl sites for hydroxylation is 1. The second kappa shape index (κ2) is 7.50. The molecule has 7 nitrogen and oxygen atoms in total. The number of hydrogen-bond donors (Lipinski definition) is 3. The molecule has 0 aliphatic carbocycles. The zero-order valence-corrected chi connectivity index (χ0v) is 14.4. The Morgan fingerprint density at radius 3 is 3.08 bits per heavy atom. The largest absolute Gasteiger partial charge is 0.367 e. The molecule has 0 bridgehead atoms. The summed E-state index contributed by atoms with van der Waals surface area (Å²) in [7, 11) is 0. The summed E-state index contributed by atoms with van der Waals surface area (Å²) in [6.07, 6.45) is 3.17. The van der Waals surface area contributed by atoms with Crippen LogP contribution in [0.15, 0.2) is 24.5 Å². The van der Waals surface area contributed by atoms with Gasteiger partial charge in [-0.2, -0.15) is 5.10 Å². The molecule has 2 aromatic rings. The predicted molar refractivity (Wildman–Crippen MR) is 92.8 cm³/mol. The highest BCUT2D eigenvalue weighted by molar-refractivity contribution is 5.74. The molecule has 0 saturated carbocycles. The molecule has 8 heteroatoms. The fraction of sp³-hybridized carbons (Fsp3) is 0.471. The molecular formula is C17H23FN6O. The first-order valence-electron chi connectivity index (χ1n) is 8.46. The topological polar surface area (TPSA) is 85.9 Å². The van der Waals surface area contributed by atoms with Crippen LogP contribution in [0.1, 0.15) is 37.2 Å². The van der Waals surface area contributed by atoms with E-state index in [1.165, 1.54) is 12.4 Å². The van der Waals surface area contributed by atoms with Crippen molar-refractivity contribution in [3.8, 4) is 0 Å². The number of piperidine rings is 1. The zero-order valence-electron chi connectivity index (χ0n) is 14.4. The highest BCUT2D eigenvalue weighted by Crippen LogP contribution is 2.24. The number of carbonyl (C=O) groups excluding carboxylic acids is 1. The van der Waals surface area contributed by atoms with Crippen LogP contribution in [0.4, 0.5) is 14.9 Å². The van der Waals surface area contributed by atoms with E-state index in [2.05, 4.69) is 25.8 Å². The Hall–Kier alpha value is -2.64. The minimum Gasteiger partial charge on any atom is -0.367 e. The number of benzene rings is 1. The minimum absolute atomic E-state index is 0.0319. The lowest BCUT2D eigenvalue weighted by Crippen LogP contribution is -2.51. The third kappa shape index (κ3) is 4.26. The normalized spacial score (nSPS) is 18.7. The van der Waals surface area contributed by atoms with Gasteiger partial charge in [0.05, 0.1) is 11.7 Å². The van der Waals surface area contributed by atoms with Crippen molar-refractivity contribution in [2.45, 2.75) is 38.8 Å². The monoisotopic (exact) mass is 346 g/mol. The lowest BCUT2D eigenvalue weighted by atomic mass is 10.0. The quantitative estimate of drug-likeness (QED) is 0.793. The van der Waals surface area contributed by atoms with Gasteiger partial charge >= 0.3 is 6.03 Å². The van der Waals surface area contributed by atoms with Gasteiger partial charge < -0.3 is 15.5 Å². The van der Waals surface area contributed by atoms with Crippen LogP contribution in [-0.2, 0) is 0 Å². The van der Waals surface area contributed by atoms with E-state index in [9.17, 15) is 9.18 Å². The van der Waals surface area contributed by atoms with Crippen molar-refractivity contribution in [1.82, 2.24) is 25.8 Å². The summed E-state index contributed by atoms with van der Waals surface area (Å²) in [6.45, 7) is 5.15. The molecule has 1 saturated heterocycles. The highest BCUT2D eigenvalue weighted by Gasteiger charge is 2.24. The van der Waals surface area contributed by atoms with Gasteiger partial charge in [0.25, 0.3) is 0 Å². The Labute approximate surface area is 146 Å². The van der Waals surface area contributed by atoms with Crippen LogP contribution < -0.4 is 15.5 Å². The van der Waals surface area contributed by atoms with E-state index in [-0.39, 0.29) is 23.9 Å². The number of halogens is 1. The number of rotatable bonds is 4. The molecule has 0 radical (unpaired) electrons. The van der Waals surface area contributed by atoms with E-state index < -0.39 is 0 Å². The average Bonchev–Trinajstić information content (AvgIpc) is 3.12. The SMILES string of the molecule is Cc1ccc(F)c(N2CCC[C@@H](NC(=O)N[C@H](C)c3ncn[nH]3)C2)c1. The molecule has 2 heterocycles. The lowest BCUT2D eigenvalue weighted by molar-refractivity contribution is 0.231. The van der Waals surface area contributed by atoms with Crippen LogP contribution in [-0.4, -0.2) is 40.3 Å². The van der Waals surface area contributed by atoms with Crippen molar-refractivity contribution in [3.05, 3.63) is 41.7 Å². The van der Waals surface area contributed by atoms with E-state index in [0.29, 0.717) is 18.1 Å². The second-order valence-corrected chi connectivity index (χ2v) is 6.45. The number of anilines is 1. The fourth-order valence-electron chi connectivity index (χ4n) is 3.09. The number of aromatic amines is 1. The average molecular weight is 346 g/mol. The van der Waals surface area contributed by atoms with Crippen LogP contribution in [0.3, 0.4) is 0 Å². The first kappa shape index (κ1) is 17.2. The van der Waals surface area contributed by atoms with Crippen molar-refractivity contribution in [2.75, 3.05) is 18.0 Å². The van der Waals surface area contributed by atoms with Crippen LogP contribution in [0.5, 0.6) is 0 Å². The summed E-state index contributed by atoms with van der Waals surface area (Å²) in [5.74, 6) is 0.372. The number of hydrogen-bond acceptors (Lipinski definition) is 4. The molecule has 1 aliphatic rings. The molecule has 25 heavy (non-hydrogen) atoms. The van der Waals surface area contributed by atoms with Gasteiger partial charge in [0.1, 0.15) is 18.0 Å². The summed E-state index contributed by atoms with van der Waals surface area (Å²) < 4.78 is 14.1. The summed E-state index contributed by atoms with van der Waals surface area (Å²) >= 11 is 0. The molecule has 2 amide bonds. The number of nitrogens with one attached hydrogen (secondary N) is 3. The van der Waals surface area contributed by atoms with Gasteiger partial charge in [-0.25, -0.2) is 14.2 Å². The Bertz CT molecular complexity index is 720. The maximum Gasteiger partial charge on any atom is 0.315 e. The van der Waals surface area contributed by atoms with Crippen molar-refractivity contribution in [3.63, 3.8) is 0 Å². The van der Waals surface area contributed by atoms with Gasteiger partial charge in [-0.3, -0.25) is 5.10 Å². The third-order valence-electron chi connectivity index (χ3n) is 4.39. The van der Waals surface area contributed by atoms with Gasteiger partial charge in [0.2, 0.25) is 0 Å². The van der Waals surface area contributed by atoms with Gasteiger partial charge in [-0.15, -0.1) is 0 Å². The minimum atomic E-state index is -0.267. The molecular weight excluding hydrogens is 323 g/mol. The van der Waals surface area contributed by atoms with Crippen molar-refractivity contribution in [2.24, 2.45) is 0 Å². The van der Waals surface area contributed by atoms with Crippen molar-refractivity contribution in [1.29, 1.82) is 0 Å². The Kier molecular flexibility index (Phi) is 5.16. The van der Waals surface area contributed by atoms with E-state index in [1.54, 1.807) is 6.07 Å². The maximum atomic E-state index is 14.1. The molecule has 1 aromatic carbocycles. The molecule has 1 fully saturated rings. The maximum absolute atomic E-state index is 14.1. The molecule has 3 N–H and O–H groups in total. The fourth-order valence-corrected chi connectivity index (χ4v) is 3.09. The molecule has 2 atom stereocenters. The molecule has 0 unspecified atom stereocenters. The van der Waals surface area contributed by atoms with E-state index in [0.717, 1.165) is 24.9 Å². The number of urea groups is 1. The number of nitrogens with zero attached hydrogens (tertiary/aromatic N) is 3. The molecule has 1 aromatic heterocycles. The van der Waals surface area contributed by atoms with Crippen LogP contribution in [0.25, 0.3) is 0 Å². The highest BCUT2D eigenvalue weighted by atomic mass is 19.1. The van der Waals surface area contributed by atoms with Gasteiger partial charge in [0.15, 0.2) is 0 Å². The molecule has 1 aliphatic heterocycles. The third-order valence-corrected chi connectivity index (χ3v) is 4.39. The Morgan fingerprint density at radius 2 is 2.32 bits per heavy atom. The van der Waals surface area contributed by atoms with Crippen molar-refractivity contribution < 1.29 is 9.18 Å². The standard InChI is InChI=1S/C17H23FN6O/c1-11-5-6-14(18)15(8-11)24-7-3-4-13(9-24)22-17(25)21-12(2)16-19-10-20-23-16/h5-6,8,10,12-13H,3-4,7,9H2,1-2H3,(H,19,20,23)(H2,21,22,25)/t12-,13-/m1/s1. The number of carbonyl (C=O) groups is 1.